The van der Waals surface area contributed by atoms with Crippen LogP contribution in [0.4, 0.5) is 0 Å². The molecule has 0 bridgehead atoms. The monoisotopic (exact) mass is 267 g/mol. The van der Waals surface area contributed by atoms with Gasteiger partial charge in [-0.2, -0.15) is 0 Å². The minimum absolute atomic E-state index is 0.379. The van der Waals surface area contributed by atoms with Crippen LogP contribution in [0.5, 0.6) is 0 Å². The number of rotatable bonds is 4. The molecule has 1 unspecified atom stereocenters. The molecule has 1 aliphatic rings. The van der Waals surface area contributed by atoms with Gasteiger partial charge in [0.1, 0.15) is 10.0 Å². The van der Waals surface area contributed by atoms with E-state index in [9.17, 15) is 0 Å². The summed E-state index contributed by atoms with van der Waals surface area (Å²) in [6, 6.07) is 0.379. The smallest absolute Gasteiger partial charge is 0.134 e. The molecule has 0 spiro atoms. The van der Waals surface area contributed by atoms with E-state index in [1.54, 1.807) is 0 Å². The van der Waals surface area contributed by atoms with Crippen LogP contribution in [0.1, 0.15) is 80.3 Å². The summed E-state index contributed by atoms with van der Waals surface area (Å²) in [5.41, 5.74) is 0. The highest BCUT2D eigenvalue weighted by Gasteiger charge is 2.20. The Labute approximate surface area is 114 Å². The fraction of sp³-hybridized carbons (Fsp3) is 0.857. The summed E-state index contributed by atoms with van der Waals surface area (Å²) in [7, 11) is 2.01. The van der Waals surface area contributed by atoms with Crippen molar-refractivity contribution < 1.29 is 0 Å². The second-order valence-electron chi connectivity index (χ2n) is 5.27. The van der Waals surface area contributed by atoms with E-state index in [-0.39, 0.29) is 0 Å². The third kappa shape index (κ3) is 3.51. The number of aromatic nitrogens is 2. The zero-order chi connectivity index (χ0) is 12.8. The first kappa shape index (κ1) is 13.9. The van der Waals surface area contributed by atoms with E-state index in [2.05, 4.69) is 22.4 Å². The summed E-state index contributed by atoms with van der Waals surface area (Å²) >= 11 is 1.83. The summed E-state index contributed by atoms with van der Waals surface area (Å²) in [5, 5.41) is 14.6. The summed E-state index contributed by atoms with van der Waals surface area (Å²) in [4.78, 5) is 0. The molecule has 1 aromatic rings. The Morgan fingerprint density at radius 1 is 1.17 bits per heavy atom. The van der Waals surface area contributed by atoms with Crippen LogP contribution >= 0.6 is 11.3 Å². The maximum Gasteiger partial charge on any atom is 0.134 e. The lowest BCUT2D eigenvalue weighted by Crippen LogP contribution is -2.14. The Bertz CT molecular complexity index is 339. The SMILES string of the molecule is CCC(NC)c1nnc(C2CCCCCCC2)s1. The van der Waals surface area contributed by atoms with E-state index < -0.39 is 0 Å². The van der Waals surface area contributed by atoms with E-state index in [1.165, 1.54) is 50.0 Å². The Morgan fingerprint density at radius 3 is 2.44 bits per heavy atom. The van der Waals surface area contributed by atoms with Crippen molar-refractivity contribution in [2.24, 2.45) is 0 Å². The molecule has 1 saturated carbocycles. The van der Waals surface area contributed by atoms with Crippen LogP contribution in [-0.2, 0) is 0 Å². The normalized spacial score (nSPS) is 20.3. The van der Waals surface area contributed by atoms with Gasteiger partial charge in [-0.25, -0.2) is 0 Å². The van der Waals surface area contributed by atoms with Crippen LogP contribution in [0.2, 0.25) is 0 Å². The van der Waals surface area contributed by atoms with Gasteiger partial charge in [0.25, 0.3) is 0 Å². The fourth-order valence-corrected chi connectivity index (χ4v) is 3.96. The maximum absolute atomic E-state index is 4.46. The van der Waals surface area contributed by atoms with Crippen molar-refractivity contribution in [3.05, 3.63) is 10.0 Å². The van der Waals surface area contributed by atoms with Gasteiger partial charge in [-0.05, 0) is 26.3 Å². The Morgan fingerprint density at radius 2 is 1.83 bits per heavy atom. The molecule has 1 aromatic heterocycles. The van der Waals surface area contributed by atoms with Crippen molar-refractivity contribution in [1.29, 1.82) is 0 Å². The van der Waals surface area contributed by atoms with Gasteiger partial charge in [-0.1, -0.05) is 50.4 Å². The molecule has 0 aliphatic heterocycles. The van der Waals surface area contributed by atoms with E-state index in [1.807, 2.05) is 18.4 Å². The molecule has 18 heavy (non-hydrogen) atoms. The average molecular weight is 267 g/mol. The Balaban J connectivity index is 2.03. The minimum atomic E-state index is 0.379. The number of hydrogen-bond donors (Lipinski definition) is 1. The molecule has 2 rings (SSSR count). The number of nitrogens with zero attached hydrogens (tertiary/aromatic N) is 2. The molecule has 3 nitrogen and oxygen atoms in total. The first-order valence-corrected chi connectivity index (χ1v) is 8.17. The molecular weight excluding hydrogens is 242 g/mol. The predicted molar refractivity (Wildman–Crippen MR) is 77.1 cm³/mol. The molecule has 102 valence electrons. The molecule has 0 amide bonds. The zero-order valence-electron chi connectivity index (χ0n) is 11.6. The van der Waals surface area contributed by atoms with Crippen molar-refractivity contribution in [2.75, 3.05) is 7.05 Å². The molecular formula is C14H25N3S. The van der Waals surface area contributed by atoms with Gasteiger partial charge in [-0.15, -0.1) is 10.2 Å². The van der Waals surface area contributed by atoms with Crippen LogP contribution in [-0.4, -0.2) is 17.2 Å². The average Bonchev–Trinajstić information content (AvgIpc) is 2.80. The van der Waals surface area contributed by atoms with Gasteiger partial charge in [0.2, 0.25) is 0 Å². The lowest BCUT2D eigenvalue weighted by Gasteiger charge is -2.16. The van der Waals surface area contributed by atoms with E-state index >= 15 is 0 Å². The summed E-state index contributed by atoms with van der Waals surface area (Å²) < 4.78 is 0. The molecule has 0 saturated heterocycles. The van der Waals surface area contributed by atoms with Crippen LogP contribution in [0.3, 0.4) is 0 Å². The lowest BCUT2D eigenvalue weighted by atomic mass is 9.92. The van der Waals surface area contributed by atoms with Crippen LogP contribution in [0.15, 0.2) is 0 Å². The first-order chi connectivity index (χ1) is 8.85. The standard InChI is InChI=1S/C14H25N3S/c1-3-12(15-2)14-17-16-13(18-14)11-9-7-5-4-6-8-10-11/h11-12,15H,3-10H2,1-2H3. The first-order valence-electron chi connectivity index (χ1n) is 7.35. The quantitative estimate of drug-likeness (QED) is 0.894. The largest absolute Gasteiger partial charge is 0.311 e. The molecule has 1 fully saturated rings. The van der Waals surface area contributed by atoms with Crippen LogP contribution < -0.4 is 5.32 Å². The second kappa shape index (κ2) is 7.19. The van der Waals surface area contributed by atoms with Gasteiger partial charge in [0, 0.05) is 5.92 Å². The third-order valence-electron chi connectivity index (χ3n) is 3.97. The molecule has 1 aliphatic carbocycles. The van der Waals surface area contributed by atoms with E-state index in [0.29, 0.717) is 12.0 Å². The molecule has 1 N–H and O–H groups in total. The second-order valence-corrected chi connectivity index (χ2v) is 6.31. The Kier molecular flexibility index (Phi) is 5.57. The van der Waals surface area contributed by atoms with Gasteiger partial charge < -0.3 is 5.32 Å². The van der Waals surface area contributed by atoms with Crippen molar-refractivity contribution in [1.82, 2.24) is 15.5 Å². The predicted octanol–water partition coefficient (Wildman–Crippen LogP) is 4.04. The van der Waals surface area contributed by atoms with Crippen molar-refractivity contribution >= 4 is 11.3 Å². The summed E-state index contributed by atoms with van der Waals surface area (Å²) in [6.45, 7) is 2.19. The molecule has 0 aromatic carbocycles. The highest BCUT2D eigenvalue weighted by molar-refractivity contribution is 7.11. The van der Waals surface area contributed by atoms with Crippen molar-refractivity contribution in [2.45, 2.75) is 70.3 Å². The maximum atomic E-state index is 4.46. The minimum Gasteiger partial charge on any atom is -0.311 e. The van der Waals surface area contributed by atoms with E-state index in [4.69, 9.17) is 0 Å². The van der Waals surface area contributed by atoms with E-state index in [0.717, 1.165) is 11.4 Å². The van der Waals surface area contributed by atoms with Gasteiger partial charge >= 0.3 is 0 Å². The van der Waals surface area contributed by atoms with Crippen LogP contribution in [0, 0.1) is 0 Å². The molecule has 1 heterocycles. The molecule has 0 radical (unpaired) electrons. The topological polar surface area (TPSA) is 37.8 Å². The highest BCUT2D eigenvalue weighted by Crippen LogP contribution is 2.34. The third-order valence-corrected chi connectivity index (χ3v) is 5.16. The van der Waals surface area contributed by atoms with Crippen molar-refractivity contribution in [3.63, 3.8) is 0 Å². The highest BCUT2D eigenvalue weighted by atomic mass is 32.1. The summed E-state index contributed by atoms with van der Waals surface area (Å²) in [5.74, 6) is 0.672. The summed E-state index contributed by atoms with van der Waals surface area (Å²) in [6.07, 6.45) is 10.6. The lowest BCUT2D eigenvalue weighted by molar-refractivity contribution is 0.452. The van der Waals surface area contributed by atoms with Gasteiger partial charge in [-0.3, -0.25) is 0 Å². The fourth-order valence-electron chi connectivity index (χ4n) is 2.76. The number of nitrogens with one attached hydrogen (secondary N) is 1. The van der Waals surface area contributed by atoms with Gasteiger partial charge in [0.05, 0.1) is 6.04 Å². The molecule has 1 atom stereocenters. The molecule has 4 heteroatoms. The number of hydrogen-bond acceptors (Lipinski definition) is 4. The zero-order valence-corrected chi connectivity index (χ0v) is 12.4. The Hall–Kier alpha value is -0.480. The van der Waals surface area contributed by atoms with Gasteiger partial charge in [0.15, 0.2) is 0 Å². The van der Waals surface area contributed by atoms with Crippen LogP contribution in [0.25, 0.3) is 0 Å². The van der Waals surface area contributed by atoms with Crippen molar-refractivity contribution in [3.8, 4) is 0 Å².